The molecule has 0 aliphatic carbocycles. The normalized spacial score (nSPS) is 9.74. The molecular weight excluding hydrogens is 240 g/mol. The molecule has 0 radical (unpaired) electrons. The van der Waals surface area contributed by atoms with Gasteiger partial charge in [0, 0.05) is 22.8 Å². The first kappa shape index (κ1) is 12.8. The number of carboxylic acid groups (broad SMARTS) is 1. The molecule has 0 atom stereocenters. The Morgan fingerprint density at radius 1 is 1.16 bits per heavy atom. The third-order valence-electron chi connectivity index (χ3n) is 2.57. The van der Waals surface area contributed by atoms with Crippen molar-refractivity contribution in [2.75, 3.05) is 0 Å². The van der Waals surface area contributed by atoms with E-state index in [1.165, 1.54) is 0 Å². The van der Waals surface area contributed by atoms with Crippen LogP contribution in [0.15, 0.2) is 54.7 Å². The topological polar surface area (TPSA) is 66.0 Å². The number of aromatic carboxylic acids is 1. The number of pyridine rings is 1. The van der Waals surface area contributed by atoms with E-state index in [4.69, 9.17) is 5.11 Å². The van der Waals surface area contributed by atoms with Crippen LogP contribution in [0.2, 0.25) is 0 Å². The van der Waals surface area contributed by atoms with Gasteiger partial charge in [-0.05, 0) is 31.2 Å². The van der Waals surface area contributed by atoms with E-state index >= 15 is 0 Å². The van der Waals surface area contributed by atoms with Gasteiger partial charge in [-0.15, -0.1) is 0 Å². The fourth-order valence-corrected chi connectivity index (χ4v) is 1.64. The fraction of sp³-hybridized carbons (Fsp3) is 0.0667. The zero-order valence-electron chi connectivity index (χ0n) is 10.5. The Balaban J connectivity index is 0.000000163. The highest BCUT2D eigenvalue weighted by Gasteiger charge is 2.05. The molecule has 0 unspecified atom stereocenters. The van der Waals surface area contributed by atoms with E-state index in [0.29, 0.717) is 0 Å². The number of benzene rings is 1. The molecule has 0 aliphatic rings. The molecule has 2 N–H and O–H groups in total. The maximum Gasteiger partial charge on any atom is 0.352 e. The summed E-state index contributed by atoms with van der Waals surface area (Å²) in [6.45, 7) is 1.97. The molecule has 0 bridgehead atoms. The summed E-state index contributed by atoms with van der Waals surface area (Å²) in [5.74, 6) is -0.925. The molecule has 19 heavy (non-hydrogen) atoms. The first-order chi connectivity index (χ1) is 9.16. The molecule has 2 aromatic heterocycles. The van der Waals surface area contributed by atoms with Gasteiger partial charge in [-0.1, -0.05) is 24.3 Å². The van der Waals surface area contributed by atoms with Crippen molar-refractivity contribution in [2.24, 2.45) is 0 Å². The minimum absolute atomic E-state index is 0.233. The zero-order valence-corrected chi connectivity index (χ0v) is 10.5. The molecule has 0 spiro atoms. The number of nitrogens with one attached hydrogen (secondary N) is 1. The van der Waals surface area contributed by atoms with Gasteiger partial charge in [0.05, 0.1) is 0 Å². The average Bonchev–Trinajstić information content (AvgIpc) is 2.84. The quantitative estimate of drug-likeness (QED) is 0.700. The highest BCUT2D eigenvalue weighted by atomic mass is 16.4. The van der Waals surface area contributed by atoms with Crippen molar-refractivity contribution in [2.45, 2.75) is 6.92 Å². The standard InChI is InChI=1S/C9H7NO2.C6H7N/c11-9(12)8-5-6-3-1-2-4-7(6)10-8;1-6-4-2-3-5-7-6/h1-5,10H,(H,11,12);2-5H,1H3. The summed E-state index contributed by atoms with van der Waals surface area (Å²) in [5, 5.41) is 9.58. The van der Waals surface area contributed by atoms with Crippen LogP contribution in [0.4, 0.5) is 0 Å². The number of carbonyl (C=O) groups is 1. The first-order valence-corrected chi connectivity index (χ1v) is 5.85. The molecule has 1 aromatic carbocycles. The van der Waals surface area contributed by atoms with Crippen LogP contribution < -0.4 is 0 Å². The Morgan fingerprint density at radius 3 is 2.42 bits per heavy atom. The van der Waals surface area contributed by atoms with Crippen molar-refractivity contribution in [3.05, 3.63) is 66.1 Å². The summed E-state index contributed by atoms with van der Waals surface area (Å²) in [6.07, 6.45) is 1.79. The van der Waals surface area contributed by atoms with Crippen LogP contribution in [-0.2, 0) is 0 Å². The molecule has 0 fully saturated rings. The molecule has 0 saturated carbocycles. The number of rotatable bonds is 1. The number of hydrogen-bond acceptors (Lipinski definition) is 2. The minimum atomic E-state index is -0.925. The molecule has 4 nitrogen and oxygen atoms in total. The summed E-state index contributed by atoms with van der Waals surface area (Å²) in [7, 11) is 0. The van der Waals surface area contributed by atoms with Crippen LogP contribution in [-0.4, -0.2) is 21.0 Å². The lowest BCUT2D eigenvalue weighted by molar-refractivity contribution is 0.0691. The van der Waals surface area contributed by atoms with Gasteiger partial charge in [-0.3, -0.25) is 4.98 Å². The van der Waals surface area contributed by atoms with Crippen LogP contribution in [0.5, 0.6) is 0 Å². The fourth-order valence-electron chi connectivity index (χ4n) is 1.64. The van der Waals surface area contributed by atoms with Gasteiger partial charge < -0.3 is 10.1 Å². The van der Waals surface area contributed by atoms with E-state index in [9.17, 15) is 4.79 Å². The van der Waals surface area contributed by atoms with E-state index in [2.05, 4.69) is 9.97 Å². The largest absolute Gasteiger partial charge is 0.477 e. The molecule has 2 heterocycles. The molecule has 0 aliphatic heterocycles. The lowest BCUT2D eigenvalue weighted by atomic mass is 10.2. The van der Waals surface area contributed by atoms with Crippen LogP contribution in [0.1, 0.15) is 16.2 Å². The van der Waals surface area contributed by atoms with Gasteiger partial charge in [0.1, 0.15) is 5.69 Å². The summed E-state index contributed by atoms with van der Waals surface area (Å²) >= 11 is 0. The van der Waals surface area contributed by atoms with Gasteiger partial charge in [0.2, 0.25) is 0 Å². The first-order valence-electron chi connectivity index (χ1n) is 5.85. The molecule has 4 heteroatoms. The van der Waals surface area contributed by atoms with Gasteiger partial charge >= 0.3 is 5.97 Å². The van der Waals surface area contributed by atoms with Crippen LogP contribution in [0, 0.1) is 6.92 Å². The highest BCUT2D eigenvalue weighted by molar-refractivity contribution is 5.93. The van der Waals surface area contributed by atoms with E-state index in [1.54, 1.807) is 12.3 Å². The Kier molecular flexibility index (Phi) is 3.93. The van der Waals surface area contributed by atoms with Gasteiger partial charge in [0.15, 0.2) is 0 Å². The van der Waals surface area contributed by atoms with E-state index in [-0.39, 0.29) is 5.69 Å². The summed E-state index contributed by atoms with van der Waals surface area (Å²) < 4.78 is 0. The molecular formula is C15H14N2O2. The molecule has 96 valence electrons. The van der Waals surface area contributed by atoms with Crippen LogP contribution >= 0.6 is 0 Å². The van der Waals surface area contributed by atoms with E-state index < -0.39 is 5.97 Å². The van der Waals surface area contributed by atoms with Crippen molar-refractivity contribution >= 4 is 16.9 Å². The van der Waals surface area contributed by atoms with Crippen LogP contribution in [0.3, 0.4) is 0 Å². The number of para-hydroxylation sites is 1. The second-order valence-electron chi connectivity index (χ2n) is 4.05. The Bertz CT molecular complexity index is 642. The number of aryl methyl sites for hydroxylation is 1. The Labute approximate surface area is 110 Å². The predicted octanol–water partition coefficient (Wildman–Crippen LogP) is 3.26. The second kappa shape index (κ2) is 5.82. The second-order valence-corrected chi connectivity index (χ2v) is 4.05. The lowest BCUT2D eigenvalue weighted by Crippen LogP contribution is -1.94. The Morgan fingerprint density at radius 2 is 1.89 bits per heavy atom. The Hall–Kier alpha value is -2.62. The predicted molar refractivity (Wildman–Crippen MR) is 74.2 cm³/mol. The number of H-pyrrole nitrogens is 1. The SMILES string of the molecule is Cc1ccccn1.O=C(O)c1cc2ccccc2[nH]1. The van der Waals surface area contributed by atoms with Gasteiger partial charge in [0.25, 0.3) is 0 Å². The third kappa shape index (κ3) is 3.42. The van der Waals surface area contributed by atoms with Crippen molar-refractivity contribution in [1.29, 1.82) is 0 Å². The van der Waals surface area contributed by atoms with Crippen molar-refractivity contribution in [3.8, 4) is 0 Å². The molecule has 3 rings (SSSR count). The number of fused-ring (bicyclic) bond motifs is 1. The maximum atomic E-state index is 10.5. The van der Waals surface area contributed by atoms with E-state index in [1.807, 2.05) is 49.4 Å². The van der Waals surface area contributed by atoms with Crippen molar-refractivity contribution in [1.82, 2.24) is 9.97 Å². The van der Waals surface area contributed by atoms with E-state index in [0.717, 1.165) is 16.6 Å². The summed E-state index contributed by atoms with van der Waals surface area (Å²) in [4.78, 5) is 17.3. The molecule has 3 aromatic rings. The van der Waals surface area contributed by atoms with Crippen LogP contribution in [0.25, 0.3) is 10.9 Å². The van der Waals surface area contributed by atoms with Crippen molar-refractivity contribution < 1.29 is 9.90 Å². The molecule has 0 amide bonds. The van der Waals surface area contributed by atoms with Crippen molar-refractivity contribution in [3.63, 3.8) is 0 Å². The summed E-state index contributed by atoms with van der Waals surface area (Å²) in [6, 6.07) is 14.9. The summed E-state index contributed by atoms with van der Waals surface area (Å²) in [5.41, 5.74) is 2.16. The third-order valence-corrected chi connectivity index (χ3v) is 2.57. The molecule has 0 saturated heterocycles. The monoisotopic (exact) mass is 254 g/mol. The highest BCUT2D eigenvalue weighted by Crippen LogP contribution is 2.13. The number of aromatic nitrogens is 2. The van der Waals surface area contributed by atoms with Gasteiger partial charge in [-0.25, -0.2) is 4.79 Å². The number of nitrogens with zero attached hydrogens (tertiary/aromatic N) is 1. The maximum absolute atomic E-state index is 10.5. The average molecular weight is 254 g/mol. The zero-order chi connectivity index (χ0) is 13.7. The lowest BCUT2D eigenvalue weighted by Gasteiger charge is -1.84. The number of hydrogen-bond donors (Lipinski definition) is 2. The minimum Gasteiger partial charge on any atom is -0.477 e. The van der Waals surface area contributed by atoms with Gasteiger partial charge in [-0.2, -0.15) is 0 Å². The smallest absolute Gasteiger partial charge is 0.352 e. The number of carboxylic acids is 1. The number of aromatic amines is 1.